The number of hydrogen-bond donors (Lipinski definition) is 1. The number of rotatable bonds is 5. The number of nitrogens with zero attached hydrogens (tertiary/aromatic N) is 1. The van der Waals surface area contributed by atoms with Crippen LogP contribution < -0.4 is 10.2 Å². The molecular weight excluding hydrogens is 256 g/mol. The van der Waals surface area contributed by atoms with E-state index in [1.165, 1.54) is 5.56 Å². The van der Waals surface area contributed by atoms with Crippen LogP contribution in [0.2, 0.25) is 0 Å². The van der Waals surface area contributed by atoms with E-state index in [1.54, 1.807) is 11.3 Å². The van der Waals surface area contributed by atoms with Crippen LogP contribution in [-0.4, -0.2) is 26.5 Å². The van der Waals surface area contributed by atoms with Gasteiger partial charge in [-0.15, -0.1) is 0 Å². The molecule has 3 nitrogen and oxygen atoms in total. The van der Waals surface area contributed by atoms with Crippen molar-refractivity contribution < 1.29 is 4.79 Å². The smallest absolute Gasteiger partial charge is 0.253 e. The first-order valence-corrected chi connectivity index (χ1v) is 7.18. The summed E-state index contributed by atoms with van der Waals surface area (Å²) in [5, 5.41) is 7.14. The van der Waals surface area contributed by atoms with Gasteiger partial charge in [0.2, 0.25) is 0 Å². The number of amides is 1. The van der Waals surface area contributed by atoms with Gasteiger partial charge < -0.3 is 10.2 Å². The van der Waals surface area contributed by atoms with E-state index < -0.39 is 0 Å². The molecule has 4 heteroatoms. The molecule has 0 saturated carbocycles. The molecule has 0 bridgehead atoms. The molecule has 0 unspecified atom stereocenters. The number of nitrogens with one attached hydrogen (secondary N) is 1. The van der Waals surface area contributed by atoms with Crippen LogP contribution in [0.4, 0.5) is 5.69 Å². The van der Waals surface area contributed by atoms with Gasteiger partial charge in [0.15, 0.2) is 0 Å². The zero-order valence-electron chi connectivity index (χ0n) is 11.2. The summed E-state index contributed by atoms with van der Waals surface area (Å²) in [4.78, 5) is 14.1. The van der Waals surface area contributed by atoms with Crippen LogP contribution in [0.1, 0.15) is 15.9 Å². The molecule has 0 fully saturated rings. The van der Waals surface area contributed by atoms with Gasteiger partial charge in [-0.1, -0.05) is 12.1 Å². The molecule has 0 aliphatic heterocycles. The maximum Gasteiger partial charge on any atom is 0.253 e. The minimum absolute atomic E-state index is 0.0143. The lowest BCUT2D eigenvalue weighted by Crippen LogP contribution is -2.27. The van der Waals surface area contributed by atoms with E-state index in [-0.39, 0.29) is 5.91 Å². The molecule has 1 N–H and O–H groups in total. The third-order valence-electron chi connectivity index (χ3n) is 2.91. The van der Waals surface area contributed by atoms with Gasteiger partial charge in [0.05, 0.1) is 5.56 Å². The predicted octanol–water partition coefficient (Wildman–Crippen LogP) is 2.79. The van der Waals surface area contributed by atoms with Crippen molar-refractivity contribution in [1.29, 1.82) is 0 Å². The summed E-state index contributed by atoms with van der Waals surface area (Å²) >= 11 is 1.68. The van der Waals surface area contributed by atoms with Gasteiger partial charge in [0.25, 0.3) is 5.91 Å². The van der Waals surface area contributed by atoms with Crippen LogP contribution in [0, 0.1) is 0 Å². The Morgan fingerprint density at radius 1 is 1.26 bits per heavy atom. The monoisotopic (exact) mass is 274 g/mol. The number of para-hydroxylation sites is 1. The Hall–Kier alpha value is -1.81. The van der Waals surface area contributed by atoms with Crippen LogP contribution in [-0.2, 0) is 6.42 Å². The molecule has 1 heterocycles. The Bertz CT molecular complexity index is 535. The molecule has 1 amide bonds. The zero-order chi connectivity index (χ0) is 13.7. The van der Waals surface area contributed by atoms with Crippen molar-refractivity contribution >= 4 is 22.9 Å². The summed E-state index contributed by atoms with van der Waals surface area (Å²) in [6.07, 6.45) is 0.874. The highest BCUT2D eigenvalue weighted by Gasteiger charge is 2.11. The first-order chi connectivity index (χ1) is 9.18. The largest absolute Gasteiger partial charge is 0.377 e. The topological polar surface area (TPSA) is 32.3 Å². The highest BCUT2D eigenvalue weighted by atomic mass is 32.1. The molecule has 2 rings (SSSR count). The SMILES string of the molecule is CN(C)c1ccccc1C(=O)NCCc1ccsc1. The van der Waals surface area contributed by atoms with Crippen molar-refractivity contribution in [1.82, 2.24) is 5.32 Å². The number of carbonyl (C=O) groups excluding carboxylic acids is 1. The molecule has 0 saturated heterocycles. The maximum atomic E-state index is 12.2. The molecule has 0 atom stereocenters. The molecule has 0 spiro atoms. The van der Waals surface area contributed by atoms with E-state index in [0.717, 1.165) is 17.7 Å². The summed E-state index contributed by atoms with van der Waals surface area (Å²) < 4.78 is 0. The molecule has 0 radical (unpaired) electrons. The number of thiophene rings is 1. The van der Waals surface area contributed by atoms with Gasteiger partial charge in [-0.2, -0.15) is 11.3 Å². The quantitative estimate of drug-likeness (QED) is 0.909. The second-order valence-electron chi connectivity index (χ2n) is 4.55. The van der Waals surface area contributed by atoms with Crippen molar-refractivity contribution in [2.75, 3.05) is 25.5 Å². The second kappa shape index (κ2) is 6.38. The fourth-order valence-electron chi connectivity index (χ4n) is 1.91. The highest BCUT2D eigenvalue weighted by molar-refractivity contribution is 7.07. The Kier molecular flexibility index (Phi) is 4.58. The van der Waals surface area contributed by atoms with Gasteiger partial charge in [-0.05, 0) is 40.9 Å². The average molecular weight is 274 g/mol. The maximum absolute atomic E-state index is 12.2. The van der Waals surface area contributed by atoms with E-state index in [4.69, 9.17) is 0 Å². The summed E-state index contributed by atoms with van der Waals surface area (Å²) in [7, 11) is 3.88. The van der Waals surface area contributed by atoms with E-state index in [9.17, 15) is 4.79 Å². The van der Waals surface area contributed by atoms with Crippen molar-refractivity contribution in [3.8, 4) is 0 Å². The van der Waals surface area contributed by atoms with Crippen molar-refractivity contribution in [2.24, 2.45) is 0 Å². The first kappa shape index (κ1) is 13.6. The van der Waals surface area contributed by atoms with Gasteiger partial charge in [0, 0.05) is 26.3 Å². The van der Waals surface area contributed by atoms with E-state index in [0.29, 0.717) is 6.54 Å². The predicted molar refractivity (Wildman–Crippen MR) is 81.1 cm³/mol. The fraction of sp³-hybridized carbons (Fsp3) is 0.267. The van der Waals surface area contributed by atoms with Crippen LogP contribution >= 0.6 is 11.3 Å². The summed E-state index contributed by atoms with van der Waals surface area (Å²) in [5.74, 6) is -0.0143. The minimum atomic E-state index is -0.0143. The standard InChI is InChI=1S/C15H18N2OS/c1-17(2)14-6-4-3-5-13(14)15(18)16-9-7-12-8-10-19-11-12/h3-6,8,10-11H,7,9H2,1-2H3,(H,16,18). The Balaban J connectivity index is 1.96. The van der Waals surface area contributed by atoms with Crippen LogP contribution in [0.3, 0.4) is 0 Å². The van der Waals surface area contributed by atoms with Crippen LogP contribution in [0.25, 0.3) is 0 Å². The van der Waals surface area contributed by atoms with Gasteiger partial charge in [-0.3, -0.25) is 4.79 Å². The van der Waals surface area contributed by atoms with Crippen LogP contribution in [0.5, 0.6) is 0 Å². The van der Waals surface area contributed by atoms with Crippen molar-refractivity contribution in [3.63, 3.8) is 0 Å². The summed E-state index contributed by atoms with van der Waals surface area (Å²) in [6.45, 7) is 0.664. The fourth-order valence-corrected chi connectivity index (χ4v) is 2.61. The zero-order valence-corrected chi connectivity index (χ0v) is 12.0. The van der Waals surface area contributed by atoms with Gasteiger partial charge in [-0.25, -0.2) is 0 Å². The molecule has 2 aromatic rings. The van der Waals surface area contributed by atoms with E-state index in [2.05, 4.69) is 22.1 Å². The van der Waals surface area contributed by atoms with Gasteiger partial charge in [0.1, 0.15) is 0 Å². The third-order valence-corrected chi connectivity index (χ3v) is 3.64. The lowest BCUT2D eigenvalue weighted by molar-refractivity contribution is 0.0954. The lowest BCUT2D eigenvalue weighted by Gasteiger charge is -2.16. The Morgan fingerprint density at radius 3 is 2.74 bits per heavy atom. The molecular formula is C15H18N2OS. The summed E-state index contributed by atoms with van der Waals surface area (Å²) in [5.41, 5.74) is 2.93. The normalized spacial score (nSPS) is 10.2. The molecule has 0 aliphatic rings. The molecule has 100 valence electrons. The Morgan fingerprint density at radius 2 is 2.05 bits per heavy atom. The highest BCUT2D eigenvalue weighted by Crippen LogP contribution is 2.17. The number of carbonyl (C=O) groups is 1. The molecule has 0 aliphatic carbocycles. The second-order valence-corrected chi connectivity index (χ2v) is 5.33. The summed E-state index contributed by atoms with van der Waals surface area (Å²) in [6, 6.07) is 9.73. The average Bonchev–Trinajstić information content (AvgIpc) is 2.91. The van der Waals surface area contributed by atoms with E-state index in [1.807, 2.05) is 43.3 Å². The van der Waals surface area contributed by atoms with Crippen molar-refractivity contribution in [3.05, 3.63) is 52.2 Å². The van der Waals surface area contributed by atoms with Gasteiger partial charge >= 0.3 is 0 Å². The molecule has 1 aromatic carbocycles. The molecule has 1 aromatic heterocycles. The number of hydrogen-bond acceptors (Lipinski definition) is 3. The Labute approximate surface area is 117 Å². The first-order valence-electron chi connectivity index (χ1n) is 6.24. The van der Waals surface area contributed by atoms with Crippen molar-refractivity contribution in [2.45, 2.75) is 6.42 Å². The lowest BCUT2D eigenvalue weighted by atomic mass is 10.1. The van der Waals surface area contributed by atoms with E-state index >= 15 is 0 Å². The number of anilines is 1. The number of benzene rings is 1. The van der Waals surface area contributed by atoms with Crippen LogP contribution in [0.15, 0.2) is 41.1 Å². The molecule has 19 heavy (non-hydrogen) atoms. The minimum Gasteiger partial charge on any atom is -0.377 e. The third kappa shape index (κ3) is 3.58.